The second-order valence-corrected chi connectivity index (χ2v) is 6.63. The van der Waals surface area contributed by atoms with Crippen molar-refractivity contribution in [2.45, 2.75) is 53.0 Å². The Hall–Kier alpha value is -0.120. The van der Waals surface area contributed by atoms with Crippen LogP contribution in [0.3, 0.4) is 0 Å². The zero-order valence-corrected chi connectivity index (χ0v) is 13.6. The molecular weight excluding hydrogens is 234 g/mol. The average molecular weight is 269 g/mol. The predicted molar refractivity (Wildman–Crippen MR) is 84.7 cm³/mol. The van der Waals surface area contributed by atoms with Crippen molar-refractivity contribution in [1.82, 2.24) is 15.1 Å². The molecule has 114 valence electrons. The van der Waals surface area contributed by atoms with Gasteiger partial charge in [0.1, 0.15) is 0 Å². The lowest BCUT2D eigenvalue weighted by molar-refractivity contribution is 0.107. The first-order valence-electron chi connectivity index (χ1n) is 8.26. The molecule has 1 rings (SSSR count). The minimum absolute atomic E-state index is 0.717. The normalized spacial score (nSPS) is 18.6. The number of hydrogen-bond acceptors (Lipinski definition) is 3. The monoisotopic (exact) mass is 269 g/mol. The second-order valence-electron chi connectivity index (χ2n) is 6.63. The standard InChI is InChI=1S/C16H35N3/c1-15(2)14-17-8-6-5-7-9-18-10-12-19(13-11-18)16(3)4/h15-17H,5-14H2,1-4H3. The molecule has 1 aliphatic rings. The van der Waals surface area contributed by atoms with E-state index in [4.69, 9.17) is 0 Å². The van der Waals surface area contributed by atoms with Crippen molar-refractivity contribution >= 4 is 0 Å². The van der Waals surface area contributed by atoms with Gasteiger partial charge in [-0.15, -0.1) is 0 Å². The van der Waals surface area contributed by atoms with E-state index in [1.807, 2.05) is 0 Å². The van der Waals surface area contributed by atoms with Gasteiger partial charge in [0.2, 0.25) is 0 Å². The summed E-state index contributed by atoms with van der Waals surface area (Å²) in [6.45, 7) is 17.9. The maximum atomic E-state index is 3.52. The van der Waals surface area contributed by atoms with Crippen molar-refractivity contribution in [3.63, 3.8) is 0 Å². The van der Waals surface area contributed by atoms with Crippen molar-refractivity contribution < 1.29 is 0 Å². The summed E-state index contributed by atoms with van der Waals surface area (Å²) >= 11 is 0. The van der Waals surface area contributed by atoms with Crippen LogP contribution in [0.5, 0.6) is 0 Å². The van der Waals surface area contributed by atoms with Crippen LogP contribution in [0.25, 0.3) is 0 Å². The molecule has 0 bridgehead atoms. The van der Waals surface area contributed by atoms with Gasteiger partial charge in [-0.25, -0.2) is 0 Å². The van der Waals surface area contributed by atoms with Gasteiger partial charge < -0.3 is 10.2 Å². The van der Waals surface area contributed by atoms with E-state index in [-0.39, 0.29) is 0 Å². The molecule has 0 aliphatic carbocycles. The topological polar surface area (TPSA) is 18.5 Å². The van der Waals surface area contributed by atoms with Gasteiger partial charge in [0, 0.05) is 32.2 Å². The van der Waals surface area contributed by atoms with Crippen LogP contribution in [0.4, 0.5) is 0 Å². The molecule has 0 aromatic rings. The number of nitrogens with zero attached hydrogens (tertiary/aromatic N) is 2. The van der Waals surface area contributed by atoms with Crippen LogP contribution in [0.2, 0.25) is 0 Å². The van der Waals surface area contributed by atoms with Gasteiger partial charge in [-0.2, -0.15) is 0 Å². The van der Waals surface area contributed by atoms with Gasteiger partial charge in [-0.05, 0) is 52.2 Å². The molecule has 19 heavy (non-hydrogen) atoms. The number of piperazine rings is 1. The van der Waals surface area contributed by atoms with E-state index in [9.17, 15) is 0 Å². The van der Waals surface area contributed by atoms with Gasteiger partial charge in [0.05, 0.1) is 0 Å². The molecule has 1 aliphatic heterocycles. The Morgan fingerprint density at radius 2 is 1.58 bits per heavy atom. The van der Waals surface area contributed by atoms with E-state index < -0.39 is 0 Å². The number of unbranched alkanes of at least 4 members (excludes halogenated alkanes) is 2. The van der Waals surface area contributed by atoms with E-state index >= 15 is 0 Å². The summed E-state index contributed by atoms with van der Waals surface area (Å²) in [6, 6.07) is 0.717. The lowest BCUT2D eigenvalue weighted by Gasteiger charge is -2.36. The van der Waals surface area contributed by atoms with Crippen LogP contribution in [0, 0.1) is 5.92 Å². The van der Waals surface area contributed by atoms with Crippen LogP contribution in [-0.4, -0.2) is 61.7 Å². The molecule has 0 aromatic carbocycles. The Morgan fingerprint density at radius 1 is 0.895 bits per heavy atom. The zero-order valence-electron chi connectivity index (χ0n) is 13.6. The van der Waals surface area contributed by atoms with Gasteiger partial charge in [-0.1, -0.05) is 20.3 Å². The molecule has 3 heteroatoms. The first-order chi connectivity index (χ1) is 9.09. The number of hydrogen-bond donors (Lipinski definition) is 1. The maximum Gasteiger partial charge on any atom is 0.0113 e. The first kappa shape index (κ1) is 16.9. The highest BCUT2D eigenvalue weighted by atomic mass is 15.3. The third kappa shape index (κ3) is 7.91. The molecule has 0 spiro atoms. The molecule has 0 unspecified atom stereocenters. The van der Waals surface area contributed by atoms with Crippen LogP contribution in [0.15, 0.2) is 0 Å². The molecule has 0 amide bonds. The Bertz CT molecular complexity index is 208. The summed E-state index contributed by atoms with van der Waals surface area (Å²) in [5.74, 6) is 0.775. The summed E-state index contributed by atoms with van der Waals surface area (Å²) in [4.78, 5) is 5.23. The third-order valence-electron chi connectivity index (χ3n) is 4.02. The fourth-order valence-electron chi connectivity index (χ4n) is 2.66. The molecule has 0 atom stereocenters. The Kier molecular flexibility index (Phi) is 8.67. The zero-order chi connectivity index (χ0) is 14.1. The number of nitrogens with one attached hydrogen (secondary N) is 1. The SMILES string of the molecule is CC(C)CNCCCCCN1CCN(C(C)C)CC1. The highest BCUT2D eigenvalue weighted by Crippen LogP contribution is 2.07. The second kappa shape index (κ2) is 9.73. The van der Waals surface area contributed by atoms with Gasteiger partial charge in [0.15, 0.2) is 0 Å². The van der Waals surface area contributed by atoms with E-state index in [0.717, 1.165) is 12.5 Å². The van der Waals surface area contributed by atoms with Gasteiger partial charge in [0.25, 0.3) is 0 Å². The summed E-state index contributed by atoms with van der Waals surface area (Å²) < 4.78 is 0. The highest BCUT2D eigenvalue weighted by molar-refractivity contribution is 4.74. The molecule has 1 heterocycles. The predicted octanol–water partition coefficient (Wildman–Crippen LogP) is 2.43. The minimum Gasteiger partial charge on any atom is -0.316 e. The van der Waals surface area contributed by atoms with Crippen LogP contribution >= 0.6 is 0 Å². The van der Waals surface area contributed by atoms with E-state index in [2.05, 4.69) is 42.8 Å². The number of rotatable bonds is 9. The lowest BCUT2D eigenvalue weighted by Crippen LogP contribution is -2.48. The average Bonchev–Trinajstić information content (AvgIpc) is 2.38. The van der Waals surface area contributed by atoms with E-state index in [1.54, 1.807) is 0 Å². The molecule has 1 N–H and O–H groups in total. The lowest BCUT2D eigenvalue weighted by atomic mass is 10.2. The smallest absolute Gasteiger partial charge is 0.0113 e. The molecule has 0 radical (unpaired) electrons. The van der Waals surface area contributed by atoms with E-state index in [1.165, 1.54) is 58.5 Å². The summed E-state index contributed by atoms with van der Waals surface area (Å²) in [6.07, 6.45) is 4.07. The van der Waals surface area contributed by atoms with Crippen molar-refractivity contribution in [3.05, 3.63) is 0 Å². The van der Waals surface area contributed by atoms with Crippen molar-refractivity contribution in [2.75, 3.05) is 45.8 Å². The van der Waals surface area contributed by atoms with E-state index in [0.29, 0.717) is 6.04 Å². The molecule has 1 fully saturated rings. The summed E-state index contributed by atoms with van der Waals surface area (Å²) in [5, 5.41) is 3.52. The molecular formula is C16H35N3. The quantitative estimate of drug-likeness (QED) is 0.649. The molecule has 3 nitrogen and oxygen atoms in total. The van der Waals surface area contributed by atoms with Crippen LogP contribution in [0.1, 0.15) is 47.0 Å². The summed E-state index contributed by atoms with van der Waals surface area (Å²) in [5.41, 5.74) is 0. The fraction of sp³-hybridized carbons (Fsp3) is 1.00. The van der Waals surface area contributed by atoms with Crippen LogP contribution < -0.4 is 5.32 Å². The molecule has 0 saturated carbocycles. The molecule has 1 saturated heterocycles. The van der Waals surface area contributed by atoms with Crippen LogP contribution in [-0.2, 0) is 0 Å². The Morgan fingerprint density at radius 3 is 2.16 bits per heavy atom. The van der Waals surface area contributed by atoms with Gasteiger partial charge in [-0.3, -0.25) is 4.90 Å². The van der Waals surface area contributed by atoms with Crippen molar-refractivity contribution in [2.24, 2.45) is 5.92 Å². The summed E-state index contributed by atoms with van der Waals surface area (Å²) in [7, 11) is 0. The van der Waals surface area contributed by atoms with Crippen molar-refractivity contribution in [3.8, 4) is 0 Å². The Labute approximate surface area is 120 Å². The largest absolute Gasteiger partial charge is 0.316 e. The fourth-order valence-corrected chi connectivity index (χ4v) is 2.66. The van der Waals surface area contributed by atoms with Crippen molar-refractivity contribution in [1.29, 1.82) is 0 Å². The third-order valence-corrected chi connectivity index (χ3v) is 4.02. The van der Waals surface area contributed by atoms with Gasteiger partial charge >= 0.3 is 0 Å². The Balaban J connectivity index is 1.91. The molecule has 0 aromatic heterocycles. The maximum absolute atomic E-state index is 3.52. The minimum atomic E-state index is 0.717. The first-order valence-corrected chi connectivity index (χ1v) is 8.26. The highest BCUT2D eigenvalue weighted by Gasteiger charge is 2.17.